The zero-order chi connectivity index (χ0) is 14.1. The number of hydrogen-bond acceptors (Lipinski definition) is 2. The van der Waals surface area contributed by atoms with Gasteiger partial charge in [0, 0.05) is 19.3 Å². The molecule has 2 nitrogen and oxygen atoms in total. The summed E-state index contributed by atoms with van der Waals surface area (Å²) in [6, 6.07) is 7.93. The zero-order valence-corrected chi connectivity index (χ0v) is 11.6. The van der Waals surface area contributed by atoms with Gasteiger partial charge in [-0.25, -0.2) is 0 Å². The predicted molar refractivity (Wildman–Crippen MR) is 79.5 cm³/mol. The third-order valence-electron chi connectivity index (χ3n) is 2.85. The van der Waals surface area contributed by atoms with Gasteiger partial charge < -0.3 is 9.53 Å². The number of ketones is 1. The monoisotopic (exact) mass is 258 g/mol. The van der Waals surface area contributed by atoms with Gasteiger partial charge in [-0.2, -0.15) is 0 Å². The fourth-order valence-corrected chi connectivity index (χ4v) is 1.81. The summed E-state index contributed by atoms with van der Waals surface area (Å²) in [5.74, 6) is 1.07. The lowest BCUT2D eigenvalue weighted by Crippen LogP contribution is -2.14. The Labute approximate surface area is 115 Å². The molecule has 0 radical (unpaired) electrons. The second kappa shape index (κ2) is 8.30. The quantitative estimate of drug-likeness (QED) is 0.623. The van der Waals surface area contributed by atoms with Gasteiger partial charge in [0.2, 0.25) is 0 Å². The number of benzene rings is 1. The lowest BCUT2D eigenvalue weighted by atomic mass is 10.1. The van der Waals surface area contributed by atoms with Gasteiger partial charge in [-0.15, -0.1) is 13.2 Å². The van der Waals surface area contributed by atoms with E-state index in [9.17, 15) is 4.79 Å². The third kappa shape index (κ3) is 6.05. The average molecular weight is 258 g/mol. The summed E-state index contributed by atoms with van der Waals surface area (Å²) in [6.07, 6.45) is 6.80. The summed E-state index contributed by atoms with van der Waals surface area (Å²) < 4.78 is 5.87. The molecule has 0 heterocycles. The molecule has 0 N–H and O–H groups in total. The molecule has 0 fully saturated rings. The summed E-state index contributed by atoms with van der Waals surface area (Å²) >= 11 is 0. The number of rotatable bonds is 9. The molecular weight excluding hydrogens is 236 g/mol. The van der Waals surface area contributed by atoms with Gasteiger partial charge in [0.1, 0.15) is 17.6 Å². The maximum atomic E-state index is 10.9. The van der Waals surface area contributed by atoms with E-state index in [4.69, 9.17) is 4.74 Å². The Morgan fingerprint density at radius 3 is 2.26 bits per heavy atom. The highest BCUT2D eigenvalue weighted by atomic mass is 16.5. The van der Waals surface area contributed by atoms with Gasteiger partial charge in [0.15, 0.2) is 0 Å². The van der Waals surface area contributed by atoms with Crippen LogP contribution >= 0.6 is 0 Å². The Hall–Kier alpha value is -1.83. The van der Waals surface area contributed by atoms with Crippen LogP contribution in [0.5, 0.6) is 5.75 Å². The molecule has 0 aromatic heterocycles. The van der Waals surface area contributed by atoms with E-state index in [1.165, 1.54) is 0 Å². The Kier molecular flexibility index (Phi) is 6.65. The molecule has 0 bridgehead atoms. The van der Waals surface area contributed by atoms with Gasteiger partial charge in [-0.1, -0.05) is 24.3 Å². The maximum Gasteiger partial charge on any atom is 0.130 e. The van der Waals surface area contributed by atoms with Crippen molar-refractivity contribution in [3.05, 3.63) is 55.1 Å². The molecule has 0 amide bonds. The predicted octanol–water partition coefficient (Wildman–Crippen LogP) is 4.11. The van der Waals surface area contributed by atoms with Crippen molar-refractivity contribution in [2.45, 2.75) is 38.7 Å². The highest BCUT2D eigenvalue weighted by Gasteiger charge is 2.06. The van der Waals surface area contributed by atoms with Crippen LogP contribution in [-0.4, -0.2) is 11.9 Å². The third-order valence-corrected chi connectivity index (χ3v) is 2.85. The van der Waals surface area contributed by atoms with E-state index in [0.29, 0.717) is 6.42 Å². The van der Waals surface area contributed by atoms with Crippen molar-refractivity contribution in [3.8, 4) is 5.75 Å². The first kappa shape index (κ1) is 15.2. The van der Waals surface area contributed by atoms with Gasteiger partial charge >= 0.3 is 0 Å². The fourth-order valence-electron chi connectivity index (χ4n) is 1.81. The molecule has 0 saturated carbocycles. The number of carbonyl (C=O) groups is 1. The molecule has 0 aliphatic carbocycles. The first-order valence-electron chi connectivity index (χ1n) is 6.62. The van der Waals surface area contributed by atoms with E-state index in [-0.39, 0.29) is 11.9 Å². The van der Waals surface area contributed by atoms with Crippen LogP contribution in [0.4, 0.5) is 0 Å². The van der Waals surface area contributed by atoms with Crippen LogP contribution in [0.3, 0.4) is 0 Å². The molecule has 1 rings (SSSR count). The fraction of sp³-hybridized carbons (Fsp3) is 0.353. The molecule has 0 atom stereocenters. The number of carbonyl (C=O) groups excluding carboxylic acids is 1. The molecule has 0 aliphatic heterocycles. The normalized spacial score (nSPS) is 10.2. The highest BCUT2D eigenvalue weighted by molar-refractivity contribution is 5.75. The van der Waals surface area contributed by atoms with E-state index in [1.54, 1.807) is 6.92 Å². The molecule has 0 saturated heterocycles. The van der Waals surface area contributed by atoms with Crippen molar-refractivity contribution in [2.75, 3.05) is 0 Å². The Morgan fingerprint density at radius 2 is 1.79 bits per heavy atom. The number of hydrogen-bond donors (Lipinski definition) is 0. The average Bonchev–Trinajstić information content (AvgIpc) is 2.38. The van der Waals surface area contributed by atoms with Crippen LogP contribution in [0.15, 0.2) is 49.6 Å². The first-order chi connectivity index (χ1) is 9.15. The molecule has 0 aliphatic rings. The van der Waals surface area contributed by atoms with Crippen molar-refractivity contribution in [3.63, 3.8) is 0 Å². The van der Waals surface area contributed by atoms with Crippen LogP contribution in [0.2, 0.25) is 0 Å². The summed E-state index contributed by atoms with van der Waals surface area (Å²) in [6.45, 7) is 9.08. The van der Waals surface area contributed by atoms with E-state index < -0.39 is 0 Å². The van der Waals surface area contributed by atoms with Crippen molar-refractivity contribution in [2.24, 2.45) is 0 Å². The van der Waals surface area contributed by atoms with Crippen LogP contribution in [0.25, 0.3) is 0 Å². The van der Waals surface area contributed by atoms with Crippen molar-refractivity contribution >= 4 is 5.78 Å². The molecule has 0 unspecified atom stereocenters. The van der Waals surface area contributed by atoms with Crippen molar-refractivity contribution < 1.29 is 9.53 Å². The summed E-state index contributed by atoms with van der Waals surface area (Å²) in [7, 11) is 0. The van der Waals surface area contributed by atoms with Gasteiger partial charge in [-0.3, -0.25) is 0 Å². The lowest BCUT2D eigenvalue weighted by molar-refractivity contribution is -0.116. The molecule has 2 heteroatoms. The summed E-state index contributed by atoms with van der Waals surface area (Å²) in [5.41, 5.74) is 1.16. The summed E-state index contributed by atoms with van der Waals surface area (Å²) in [5, 5.41) is 0. The zero-order valence-electron chi connectivity index (χ0n) is 11.6. The number of Topliss-reactive ketones (excluding diaryl/α,β-unsaturated/α-hetero) is 1. The topological polar surface area (TPSA) is 26.3 Å². The molecule has 1 aromatic carbocycles. The smallest absolute Gasteiger partial charge is 0.130 e. The van der Waals surface area contributed by atoms with Crippen molar-refractivity contribution in [1.82, 2.24) is 0 Å². The summed E-state index contributed by atoms with van der Waals surface area (Å²) in [4.78, 5) is 10.9. The number of aryl methyl sites for hydroxylation is 1. The van der Waals surface area contributed by atoms with Crippen molar-refractivity contribution in [1.29, 1.82) is 0 Å². The molecule has 19 heavy (non-hydrogen) atoms. The second-order valence-corrected chi connectivity index (χ2v) is 4.63. The van der Waals surface area contributed by atoms with E-state index in [0.717, 1.165) is 30.6 Å². The second-order valence-electron chi connectivity index (χ2n) is 4.63. The van der Waals surface area contributed by atoms with E-state index >= 15 is 0 Å². The van der Waals surface area contributed by atoms with Gasteiger partial charge in [0.05, 0.1) is 0 Å². The van der Waals surface area contributed by atoms with Crippen LogP contribution < -0.4 is 4.74 Å². The Bertz CT molecular complexity index is 407. The largest absolute Gasteiger partial charge is 0.490 e. The van der Waals surface area contributed by atoms with E-state index in [1.807, 2.05) is 36.4 Å². The Balaban J connectivity index is 2.56. The number of ether oxygens (including phenoxy) is 1. The van der Waals surface area contributed by atoms with Crippen LogP contribution in [-0.2, 0) is 11.2 Å². The highest BCUT2D eigenvalue weighted by Crippen LogP contribution is 2.17. The van der Waals surface area contributed by atoms with Gasteiger partial charge in [-0.05, 0) is 31.0 Å². The molecule has 102 valence electrons. The minimum atomic E-state index is 0.0954. The lowest BCUT2D eigenvalue weighted by Gasteiger charge is -2.16. The molecule has 1 aromatic rings. The minimum absolute atomic E-state index is 0.0954. The maximum absolute atomic E-state index is 10.9. The minimum Gasteiger partial charge on any atom is -0.490 e. The Morgan fingerprint density at radius 1 is 1.21 bits per heavy atom. The van der Waals surface area contributed by atoms with Crippen LogP contribution in [0.1, 0.15) is 31.7 Å². The van der Waals surface area contributed by atoms with E-state index in [2.05, 4.69) is 13.2 Å². The molecular formula is C17H22O2. The van der Waals surface area contributed by atoms with Crippen LogP contribution in [0, 0.1) is 0 Å². The SMILES string of the molecule is C=CCC(CC=C)Oc1ccc(CCC(C)=O)cc1. The molecule has 0 spiro atoms. The standard InChI is InChI=1S/C17H22O2/c1-4-6-16(7-5-2)19-17-12-10-15(11-13-17)9-8-14(3)18/h4-5,10-13,16H,1-2,6-9H2,3H3. The van der Waals surface area contributed by atoms with Gasteiger partial charge in [0.25, 0.3) is 0 Å². The first-order valence-corrected chi connectivity index (χ1v) is 6.62.